The summed E-state index contributed by atoms with van der Waals surface area (Å²) in [6, 6.07) is 15.0. The number of hydrogen-bond acceptors (Lipinski definition) is 4. The highest BCUT2D eigenvalue weighted by Gasteiger charge is 2.19. The Hall–Kier alpha value is -3.48. The molecule has 0 bridgehead atoms. The van der Waals surface area contributed by atoms with Crippen LogP contribution in [0.4, 0.5) is 5.95 Å². The Morgan fingerprint density at radius 3 is 2.44 bits per heavy atom. The maximum atomic E-state index is 13.4. The molecule has 0 atom stereocenters. The van der Waals surface area contributed by atoms with E-state index in [1.165, 1.54) is 4.68 Å². The van der Waals surface area contributed by atoms with Crippen molar-refractivity contribution in [3.05, 3.63) is 64.6 Å². The van der Waals surface area contributed by atoms with Gasteiger partial charge in [-0.05, 0) is 31.0 Å². The second-order valence-electron chi connectivity index (χ2n) is 8.01. The van der Waals surface area contributed by atoms with Crippen molar-refractivity contribution in [1.29, 1.82) is 0 Å². The lowest BCUT2D eigenvalue weighted by Crippen LogP contribution is -2.28. The molecule has 0 saturated heterocycles. The van der Waals surface area contributed by atoms with Crippen LogP contribution >= 0.6 is 0 Å². The Balaban J connectivity index is 1.72. The minimum Gasteiger partial charge on any atom is -0.310 e. The molecule has 4 aromatic rings. The van der Waals surface area contributed by atoms with Gasteiger partial charge in [-0.15, -0.1) is 0 Å². The van der Waals surface area contributed by atoms with E-state index in [0.717, 1.165) is 49.7 Å². The van der Waals surface area contributed by atoms with Crippen LogP contribution in [-0.4, -0.2) is 25.2 Å². The van der Waals surface area contributed by atoms with E-state index >= 15 is 0 Å². The fraction of sp³-hybridized carbons (Fsp3) is 0.360. The minimum absolute atomic E-state index is 0.160. The number of carbonyl (C=O) groups is 1. The number of carbonyl (C=O) groups excluding carboxylic acids is 1. The Labute approximate surface area is 187 Å². The van der Waals surface area contributed by atoms with Crippen LogP contribution in [0.3, 0.4) is 0 Å². The molecule has 1 N–H and O–H groups in total. The number of amides is 1. The largest absolute Gasteiger partial charge is 0.310 e. The number of hydrogen-bond donors (Lipinski definition) is 1. The monoisotopic (exact) mass is 431 g/mol. The first kappa shape index (κ1) is 21.7. The molecule has 32 heavy (non-hydrogen) atoms. The van der Waals surface area contributed by atoms with Crippen LogP contribution < -0.4 is 10.9 Å². The maximum Gasteiger partial charge on any atom is 0.279 e. The summed E-state index contributed by atoms with van der Waals surface area (Å²) in [5, 5.41) is 8.49. The molecule has 0 saturated carbocycles. The van der Waals surface area contributed by atoms with E-state index in [1.54, 1.807) is 12.1 Å². The van der Waals surface area contributed by atoms with E-state index in [9.17, 15) is 9.59 Å². The average Bonchev–Trinajstić information content (AvgIpc) is 3.15. The second-order valence-corrected chi connectivity index (χ2v) is 8.01. The topological polar surface area (TPSA) is 81.8 Å². The number of fused-ring (bicyclic) bond motifs is 2. The molecule has 2 aromatic carbocycles. The van der Waals surface area contributed by atoms with Crippen LogP contribution in [0.1, 0.15) is 56.4 Å². The molecule has 0 aliphatic heterocycles. The quantitative estimate of drug-likeness (QED) is 0.379. The van der Waals surface area contributed by atoms with Gasteiger partial charge < -0.3 is 4.57 Å². The highest BCUT2D eigenvalue weighted by molar-refractivity contribution is 6.10. The van der Waals surface area contributed by atoms with Gasteiger partial charge in [0.15, 0.2) is 5.69 Å². The average molecular weight is 432 g/mol. The number of nitrogens with zero attached hydrogens (tertiary/aromatic N) is 4. The van der Waals surface area contributed by atoms with Crippen LogP contribution in [0.25, 0.3) is 21.8 Å². The number of benzene rings is 2. The van der Waals surface area contributed by atoms with Crippen molar-refractivity contribution >= 4 is 33.7 Å². The third-order valence-corrected chi connectivity index (χ3v) is 5.63. The van der Waals surface area contributed by atoms with Crippen molar-refractivity contribution in [3.8, 4) is 0 Å². The molecule has 0 spiro atoms. The standard InChI is InChI=1S/C25H29N5O2/c1-3-5-6-11-17-30-24(32)19-13-8-7-12-18(19)22(28-30)23(31)27-25-26-20-14-9-10-15-21(20)29(25)16-4-2/h7-10,12-15H,3-6,11,16-17H2,1-2H3,(H,26,27,31). The zero-order chi connectivity index (χ0) is 22.5. The molecular weight excluding hydrogens is 402 g/mol. The summed E-state index contributed by atoms with van der Waals surface area (Å²) < 4.78 is 3.44. The van der Waals surface area contributed by atoms with E-state index in [4.69, 9.17) is 0 Å². The number of aromatic nitrogens is 4. The third-order valence-electron chi connectivity index (χ3n) is 5.63. The number of nitrogens with one attached hydrogen (secondary N) is 1. The Morgan fingerprint density at radius 2 is 1.66 bits per heavy atom. The summed E-state index contributed by atoms with van der Waals surface area (Å²) in [5.41, 5.74) is 1.89. The normalized spacial score (nSPS) is 11.3. The predicted octanol–water partition coefficient (Wildman–Crippen LogP) is 4.99. The summed E-state index contributed by atoms with van der Waals surface area (Å²) in [4.78, 5) is 30.9. The van der Waals surface area contributed by atoms with E-state index < -0.39 is 0 Å². The van der Waals surface area contributed by atoms with Gasteiger partial charge in [0.2, 0.25) is 5.95 Å². The number of imidazole rings is 1. The fourth-order valence-corrected chi connectivity index (χ4v) is 4.02. The summed E-state index contributed by atoms with van der Waals surface area (Å²) in [5.74, 6) is 0.126. The van der Waals surface area contributed by atoms with Crippen LogP contribution in [0.5, 0.6) is 0 Å². The van der Waals surface area contributed by atoms with Crippen LogP contribution in [0, 0.1) is 0 Å². The first-order valence-electron chi connectivity index (χ1n) is 11.4. The molecule has 2 heterocycles. The zero-order valence-electron chi connectivity index (χ0n) is 18.7. The van der Waals surface area contributed by atoms with Crippen LogP contribution in [0.15, 0.2) is 53.3 Å². The van der Waals surface area contributed by atoms with Crippen molar-refractivity contribution in [2.75, 3.05) is 5.32 Å². The molecule has 0 radical (unpaired) electrons. The Morgan fingerprint density at radius 1 is 0.906 bits per heavy atom. The van der Waals surface area contributed by atoms with Crippen LogP contribution in [0.2, 0.25) is 0 Å². The molecule has 0 aliphatic carbocycles. The summed E-state index contributed by atoms with van der Waals surface area (Å²) in [6.07, 6.45) is 5.02. The Kier molecular flexibility index (Phi) is 6.63. The maximum absolute atomic E-state index is 13.4. The smallest absolute Gasteiger partial charge is 0.279 e. The van der Waals surface area contributed by atoms with Gasteiger partial charge in [-0.25, -0.2) is 9.67 Å². The van der Waals surface area contributed by atoms with Crippen molar-refractivity contribution in [1.82, 2.24) is 19.3 Å². The van der Waals surface area contributed by atoms with Gasteiger partial charge in [-0.1, -0.05) is 63.4 Å². The minimum atomic E-state index is -0.365. The molecule has 166 valence electrons. The SMILES string of the molecule is CCCCCCn1nc(C(=O)Nc2nc3ccccc3n2CCC)c2ccccc2c1=O. The lowest BCUT2D eigenvalue weighted by molar-refractivity contribution is 0.102. The van der Waals surface area contributed by atoms with E-state index in [-0.39, 0.29) is 17.2 Å². The lowest BCUT2D eigenvalue weighted by Gasteiger charge is -2.12. The van der Waals surface area contributed by atoms with Crippen molar-refractivity contribution in [2.24, 2.45) is 0 Å². The van der Waals surface area contributed by atoms with Gasteiger partial charge >= 0.3 is 0 Å². The molecule has 1 amide bonds. The summed E-state index contributed by atoms with van der Waals surface area (Å²) in [6.45, 7) is 5.47. The van der Waals surface area contributed by atoms with Crippen molar-refractivity contribution in [3.63, 3.8) is 0 Å². The first-order valence-corrected chi connectivity index (χ1v) is 11.4. The summed E-state index contributed by atoms with van der Waals surface area (Å²) >= 11 is 0. The van der Waals surface area contributed by atoms with Crippen LogP contribution in [-0.2, 0) is 13.1 Å². The molecule has 7 heteroatoms. The number of rotatable bonds is 9. The zero-order valence-corrected chi connectivity index (χ0v) is 18.7. The van der Waals surface area contributed by atoms with E-state index in [1.807, 2.05) is 41.0 Å². The van der Waals surface area contributed by atoms with E-state index in [2.05, 4.69) is 29.2 Å². The third kappa shape index (κ3) is 4.28. The number of para-hydroxylation sites is 2. The molecule has 0 fully saturated rings. The molecule has 2 aromatic heterocycles. The van der Waals surface area contributed by atoms with Crippen molar-refractivity contribution < 1.29 is 4.79 Å². The van der Waals surface area contributed by atoms with Gasteiger partial charge in [0.05, 0.1) is 16.4 Å². The van der Waals surface area contributed by atoms with Gasteiger partial charge in [0.1, 0.15) is 0 Å². The van der Waals surface area contributed by atoms with Gasteiger partial charge in [0.25, 0.3) is 11.5 Å². The molecule has 0 unspecified atom stereocenters. The highest BCUT2D eigenvalue weighted by Crippen LogP contribution is 2.21. The number of aryl methyl sites for hydroxylation is 2. The predicted molar refractivity (Wildman–Crippen MR) is 128 cm³/mol. The van der Waals surface area contributed by atoms with Gasteiger partial charge in [-0.2, -0.15) is 5.10 Å². The summed E-state index contributed by atoms with van der Waals surface area (Å²) in [7, 11) is 0. The number of anilines is 1. The van der Waals surface area contributed by atoms with Crippen molar-refractivity contribution in [2.45, 2.75) is 59.0 Å². The Bertz CT molecular complexity index is 1300. The first-order chi connectivity index (χ1) is 15.6. The fourth-order valence-electron chi connectivity index (χ4n) is 4.02. The number of unbranched alkanes of at least 4 members (excludes halogenated alkanes) is 3. The molecular formula is C25H29N5O2. The highest BCUT2D eigenvalue weighted by atomic mass is 16.2. The molecule has 0 aliphatic rings. The second kappa shape index (κ2) is 9.77. The molecule has 4 rings (SSSR count). The lowest BCUT2D eigenvalue weighted by atomic mass is 10.1. The molecule has 7 nitrogen and oxygen atoms in total. The van der Waals surface area contributed by atoms with Gasteiger partial charge in [-0.3, -0.25) is 14.9 Å². The van der Waals surface area contributed by atoms with E-state index in [0.29, 0.717) is 23.3 Å². The van der Waals surface area contributed by atoms with Gasteiger partial charge in [0, 0.05) is 18.5 Å².